The van der Waals surface area contributed by atoms with Crippen molar-refractivity contribution in [2.75, 3.05) is 0 Å². The summed E-state index contributed by atoms with van der Waals surface area (Å²) in [5, 5.41) is 7.67. The van der Waals surface area contributed by atoms with E-state index in [4.69, 9.17) is 0 Å². The summed E-state index contributed by atoms with van der Waals surface area (Å²) >= 11 is 0. The van der Waals surface area contributed by atoms with Crippen LogP contribution in [0.4, 0.5) is 0 Å². The SMILES string of the molecule is Cn1c(=O)c2c(n(C)c1=O)n1cnnc1n2C. The second-order valence-electron chi connectivity index (χ2n) is 3.94. The molecule has 0 bridgehead atoms. The number of aromatic nitrogens is 6. The lowest BCUT2D eigenvalue weighted by atomic mass is 10.5. The Morgan fingerprint density at radius 1 is 1.06 bits per heavy atom. The number of hydrogen-bond acceptors (Lipinski definition) is 4. The molecule has 0 N–H and O–H groups in total. The maximum atomic E-state index is 12.1. The van der Waals surface area contributed by atoms with Crippen molar-refractivity contribution >= 4 is 16.9 Å². The van der Waals surface area contributed by atoms with E-state index in [0.29, 0.717) is 16.9 Å². The zero-order valence-corrected chi connectivity index (χ0v) is 9.58. The highest BCUT2D eigenvalue weighted by Crippen LogP contribution is 2.12. The van der Waals surface area contributed by atoms with Gasteiger partial charge in [-0.2, -0.15) is 0 Å². The average Bonchev–Trinajstić information content (AvgIpc) is 2.86. The number of nitrogens with zero attached hydrogens (tertiary/aromatic N) is 6. The van der Waals surface area contributed by atoms with Crippen LogP contribution in [0.25, 0.3) is 16.9 Å². The largest absolute Gasteiger partial charge is 0.332 e. The zero-order chi connectivity index (χ0) is 12.3. The second-order valence-corrected chi connectivity index (χ2v) is 3.94. The maximum absolute atomic E-state index is 12.1. The lowest BCUT2D eigenvalue weighted by molar-refractivity contribution is 0.703. The third kappa shape index (κ3) is 0.967. The molecule has 3 rings (SSSR count). The molecule has 3 heterocycles. The molecule has 0 radical (unpaired) electrons. The average molecular weight is 234 g/mol. The Hall–Kier alpha value is -2.38. The van der Waals surface area contributed by atoms with Crippen molar-refractivity contribution in [1.82, 2.24) is 28.3 Å². The molecule has 3 aromatic heterocycles. The van der Waals surface area contributed by atoms with Crippen LogP contribution < -0.4 is 11.2 Å². The van der Waals surface area contributed by atoms with Gasteiger partial charge in [0.25, 0.3) is 5.56 Å². The molecule has 3 aromatic rings. The molecule has 0 aliphatic heterocycles. The molecule has 0 aliphatic rings. The number of hydrogen-bond donors (Lipinski definition) is 0. The van der Waals surface area contributed by atoms with E-state index in [0.717, 1.165) is 4.57 Å². The number of aryl methyl sites for hydroxylation is 2. The standard InChI is InChI=1S/C9H10N6O2/c1-12-5-6(15-4-10-11-8(12)15)13(2)9(17)14(3)7(5)16/h4H,1-3H3. The lowest BCUT2D eigenvalue weighted by Gasteiger charge is -2.03. The molecule has 0 fully saturated rings. The predicted octanol–water partition coefficient (Wildman–Crippen LogP) is -1.38. The number of rotatable bonds is 0. The molecule has 0 saturated carbocycles. The van der Waals surface area contributed by atoms with Gasteiger partial charge in [-0.15, -0.1) is 10.2 Å². The zero-order valence-electron chi connectivity index (χ0n) is 9.58. The molecule has 88 valence electrons. The summed E-state index contributed by atoms with van der Waals surface area (Å²) in [5.74, 6) is 0.526. The van der Waals surface area contributed by atoms with E-state index < -0.39 is 0 Å². The fourth-order valence-corrected chi connectivity index (χ4v) is 2.09. The summed E-state index contributed by atoms with van der Waals surface area (Å²) in [6.45, 7) is 0. The van der Waals surface area contributed by atoms with Gasteiger partial charge in [0.1, 0.15) is 6.33 Å². The molecule has 0 unspecified atom stereocenters. The van der Waals surface area contributed by atoms with Crippen molar-refractivity contribution in [3.05, 3.63) is 27.2 Å². The van der Waals surface area contributed by atoms with E-state index in [1.54, 1.807) is 23.1 Å². The normalized spacial score (nSPS) is 11.7. The summed E-state index contributed by atoms with van der Waals surface area (Å²) in [7, 11) is 4.79. The number of fused-ring (bicyclic) bond motifs is 3. The van der Waals surface area contributed by atoms with E-state index in [1.165, 1.54) is 17.9 Å². The van der Waals surface area contributed by atoms with Gasteiger partial charge in [-0.1, -0.05) is 0 Å². The van der Waals surface area contributed by atoms with Crippen LogP contribution in [0.3, 0.4) is 0 Å². The van der Waals surface area contributed by atoms with Crippen LogP contribution in [0.15, 0.2) is 15.9 Å². The van der Waals surface area contributed by atoms with Gasteiger partial charge in [-0.25, -0.2) is 4.79 Å². The summed E-state index contributed by atoms with van der Waals surface area (Å²) < 4.78 is 5.74. The van der Waals surface area contributed by atoms with Crippen LogP contribution in [0.5, 0.6) is 0 Å². The van der Waals surface area contributed by atoms with Crippen molar-refractivity contribution in [3.8, 4) is 0 Å². The van der Waals surface area contributed by atoms with E-state index in [1.807, 2.05) is 0 Å². The van der Waals surface area contributed by atoms with Gasteiger partial charge in [0.2, 0.25) is 5.78 Å². The van der Waals surface area contributed by atoms with Gasteiger partial charge in [-0.3, -0.25) is 18.3 Å². The minimum atomic E-state index is -0.372. The molecule has 0 amide bonds. The van der Waals surface area contributed by atoms with Gasteiger partial charge < -0.3 is 4.57 Å². The van der Waals surface area contributed by atoms with Gasteiger partial charge in [0.15, 0.2) is 11.2 Å². The van der Waals surface area contributed by atoms with Crippen molar-refractivity contribution in [2.24, 2.45) is 21.1 Å². The van der Waals surface area contributed by atoms with Crippen LogP contribution >= 0.6 is 0 Å². The molecular formula is C9H10N6O2. The van der Waals surface area contributed by atoms with E-state index in [2.05, 4.69) is 10.2 Å². The van der Waals surface area contributed by atoms with Gasteiger partial charge >= 0.3 is 5.69 Å². The highest BCUT2D eigenvalue weighted by molar-refractivity contribution is 5.76. The Labute approximate surface area is 94.3 Å². The molecule has 0 aromatic carbocycles. The Morgan fingerprint density at radius 2 is 1.76 bits per heavy atom. The van der Waals surface area contributed by atoms with Crippen LogP contribution in [-0.4, -0.2) is 28.3 Å². The van der Waals surface area contributed by atoms with Crippen LogP contribution in [0.1, 0.15) is 0 Å². The van der Waals surface area contributed by atoms with Gasteiger partial charge in [0.05, 0.1) is 0 Å². The molecule has 17 heavy (non-hydrogen) atoms. The summed E-state index contributed by atoms with van der Waals surface area (Å²) in [5.41, 5.74) is 0.222. The molecule has 0 spiro atoms. The topological polar surface area (TPSA) is 79.1 Å². The smallest absolute Gasteiger partial charge is 0.305 e. The molecule has 8 heteroatoms. The van der Waals surface area contributed by atoms with Crippen molar-refractivity contribution in [3.63, 3.8) is 0 Å². The van der Waals surface area contributed by atoms with Gasteiger partial charge in [-0.05, 0) is 0 Å². The second kappa shape index (κ2) is 2.84. The first-order valence-electron chi connectivity index (χ1n) is 4.98. The highest BCUT2D eigenvalue weighted by atomic mass is 16.2. The summed E-state index contributed by atoms with van der Waals surface area (Å²) in [6.07, 6.45) is 1.48. The van der Waals surface area contributed by atoms with Gasteiger partial charge in [0, 0.05) is 21.1 Å². The fraction of sp³-hybridized carbons (Fsp3) is 0.333. The third-order valence-electron chi connectivity index (χ3n) is 3.00. The van der Waals surface area contributed by atoms with E-state index in [9.17, 15) is 9.59 Å². The molecule has 0 aliphatic carbocycles. The third-order valence-corrected chi connectivity index (χ3v) is 3.00. The highest BCUT2D eigenvalue weighted by Gasteiger charge is 2.17. The Kier molecular flexibility index (Phi) is 1.64. The van der Waals surface area contributed by atoms with Crippen LogP contribution in [0, 0.1) is 0 Å². The Bertz CT molecular complexity index is 861. The minimum absolute atomic E-state index is 0.337. The maximum Gasteiger partial charge on any atom is 0.332 e. The Balaban J connectivity index is 2.84. The van der Waals surface area contributed by atoms with Crippen molar-refractivity contribution < 1.29 is 0 Å². The van der Waals surface area contributed by atoms with Crippen molar-refractivity contribution in [2.45, 2.75) is 0 Å². The molecule has 0 saturated heterocycles. The fourth-order valence-electron chi connectivity index (χ4n) is 2.09. The lowest BCUT2D eigenvalue weighted by Crippen LogP contribution is -2.37. The van der Waals surface area contributed by atoms with Crippen LogP contribution in [0.2, 0.25) is 0 Å². The monoisotopic (exact) mass is 234 g/mol. The quantitative estimate of drug-likeness (QED) is 0.480. The van der Waals surface area contributed by atoms with E-state index >= 15 is 0 Å². The number of imidazole rings is 1. The first-order valence-corrected chi connectivity index (χ1v) is 4.98. The first kappa shape index (κ1) is 9.82. The first-order chi connectivity index (χ1) is 8.04. The molecule has 0 atom stereocenters. The van der Waals surface area contributed by atoms with E-state index in [-0.39, 0.29) is 11.2 Å². The van der Waals surface area contributed by atoms with Crippen molar-refractivity contribution in [1.29, 1.82) is 0 Å². The Morgan fingerprint density at radius 3 is 2.47 bits per heavy atom. The molecular weight excluding hydrogens is 224 g/mol. The minimum Gasteiger partial charge on any atom is -0.305 e. The summed E-state index contributed by atoms with van der Waals surface area (Å²) in [6, 6.07) is 0. The van der Waals surface area contributed by atoms with Crippen LogP contribution in [-0.2, 0) is 21.1 Å². The predicted molar refractivity (Wildman–Crippen MR) is 59.9 cm³/mol. The summed E-state index contributed by atoms with van der Waals surface area (Å²) in [4.78, 5) is 23.9. The molecule has 8 nitrogen and oxygen atoms in total.